The number of hydrogen-bond donors (Lipinski definition) is 3. The number of benzene rings is 1. The Morgan fingerprint density at radius 2 is 1.79 bits per heavy atom. The van der Waals surface area contributed by atoms with Gasteiger partial charge in [0, 0.05) is 24.9 Å². The molecule has 2 amide bonds. The van der Waals surface area contributed by atoms with Gasteiger partial charge in [0.1, 0.15) is 6.04 Å². The van der Waals surface area contributed by atoms with Gasteiger partial charge in [0.25, 0.3) is 5.91 Å². The van der Waals surface area contributed by atoms with E-state index in [9.17, 15) is 14.4 Å². The van der Waals surface area contributed by atoms with Crippen molar-refractivity contribution in [2.24, 2.45) is 5.73 Å². The van der Waals surface area contributed by atoms with Crippen LogP contribution >= 0.6 is 12.4 Å². The molecule has 0 aliphatic rings. The maximum absolute atomic E-state index is 11.9. The van der Waals surface area contributed by atoms with Crippen molar-refractivity contribution in [3.63, 3.8) is 0 Å². The number of carbonyl (C=O) groups is 3. The second-order valence-corrected chi connectivity index (χ2v) is 4.71. The van der Waals surface area contributed by atoms with Crippen molar-refractivity contribution in [3.8, 4) is 0 Å². The van der Waals surface area contributed by atoms with E-state index in [0.717, 1.165) is 0 Å². The number of hydrogen-bond acceptors (Lipinski definition) is 6. The van der Waals surface area contributed by atoms with Crippen LogP contribution in [0.15, 0.2) is 24.3 Å². The first-order valence-electron chi connectivity index (χ1n) is 6.98. The lowest BCUT2D eigenvalue weighted by atomic mass is 10.2. The van der Waals surface area contributed by atoms with Crippen LogP contribution in [-0.4, -0.2) is 51.2 Å². The van der Waals surface area contributed by atoms with E-state index in [4.69, 9.17) is 10.5 Å². The summed E-state index contributed by atoms with van der Waals surface area (Å²) >= 11 is 0. The minimum Gasteiger partial charge on any atom is -0.469 e. The number of rotatable bonds is 8. The molecule has 0 aromatic heterocycles. The number of esters is 1. The lowest BCUT2D eigenvalue weighted by Crippen LogP contribution is -2.39. The van der Waals surface area contributed by atoms with E-state index in [2.05, 4.69) is 15.4 Å². The molecule has 0 bridgehead atoms. The summed E-state index contributed by atoms with van der Waals surface area (Å²) < 4.78 is 9.28. The molecule has 1 atom stereocenters. The Labute approximate surface area is 146 Å². The van der Waals surface area contributed by atoms with Gasteiger partial charge >= 0.3 is 5.97 Å². The lowest BCUT2D eigenvalue weighted by molar-refractivity contribution is -0.140. The van der Waals surface area contributed by atoms with Gasteiger partial charge in [-0.1, -0.05) is 0 Å². The molecular weight excluding hydrogens is 338 g/mol. The molecule has 0 saturated carbocycles. The van der Waals surface area contributed by atoms with Crippen LogP contribution in [0.1, 0.15) is 16.8 Å². The zero-order valence-electron chi connectivity index (χ0n) is 13.5. The summed E-state index contributed by atoms with van der Waals surface area (Å²) in [6.45, 7) is 0.308. The van der Waals surface area contributed by atoms with Crippen molar-refractivity contribution >= 4 is 35.9 Å². The van der Waals surface area contributed by atoms with E-state index in [-0.39, 0.29) is 43.8 Å². The van der Waals surface area contributed by atoms with Gasteiger partial charge in [0.15, 0.2) is 0 Å². The number of carbonyl (C=O) groups excluding carboxylic acids is 3. The van der Waals surface area contributed by atoms with E-state index in [1.807, 2.05) is 0 Å². The van der Waals surface area contributed by atoms with E-state index >= 15 is 0 Å². The van der Waals surface area contributed by atoms with Gasteiger partial charge in [-0.05, 0) is 24.3 Å². The first-order chi connectivity index (χ1) is 11.0. The lowest BCUT2D eigenvalue weighted by Gasteiger charge is -2.11. The molecular formula is C15H22ClN3O5. The Morgan fingerprint density at radius 1 is 1.17 bits per heavy atom. The zero-order valence-corrected chi connectivity index (χ0v) is 14.4. The summed E-state index contributed by atoms with van der Waals surface area (Å²) in [4.78, 5) is 34.5. The molecule has 4 N–H and O–H groups in total. The van der Waals surface area contributed by atoms with E-state index < -0.39 is 12.0 Å². The highest BCUT2D eigenvalue weighted by atomic mass is 35.5. The van der Waals surface area contributed by atoms with Crippen LogP contribution in [0.4, 0.5) is 5.69 Å². The maximum Gasteiger partial charge on any atom is 0.307 e. The number of amides is 2. The predicted octanol–water partition coefficient (Wildman–Crippen LogP) is 0.314. The minimum atomic E-state index is -0.763. The Hall–Kier alpha value is -2.16. The predicted molar refractivity (Wildman–Crippen MR) is 91.1 cm³/mol. The molecule has 24 heavy (non-hydrogen) atoms. The van der Waals surface area contributed by atoms with Crippen molar-refractivity contribution in [1.29, 1.82) is 0 Å². The number of ether oxygens (including phenoxy) is 2. The van der Waals surface area contributed by atoms with E-state index in [1.165, 1.54) is 14.2 Å². The quantitative estimate of drug-likeness (QED) is 0.575. The minimum absolute atomic E-state index is 0. The van der Waals surface area contributed by atoms with Crippen LogP contribution in [0.25, 0.3) is 0 Å². The third kappa shape index (κ3) is 7.40. The summed E-state index contributed by atoms with van der Waals surface area (Å²) in [7, 11) is 2.75. The van der Waals surface area contributed by atoms with Crippen molar-refractivity contribution in [2.45, 2.75) is 12.5 Å². The van der Waals surface area contributed by atoms with Gasteiger partial charge < -0.3 is 25.8 Å². The Morgan fingerprint density at radius 3 is 2.33 bits per heavy atom. The third-order valence-electron chi connectivity index (χ3n) is 2.94. The van der Waals surface area contributed by atoms with Crippen LogP contribution in [0.5, 0.6) is 0 Å². The number of nitrogens with one attached hydrogen (secondary N) is 2. The first kappa shape index (κ1) is 21.8. The standard InChI is InChI=1S/C15H21N3O5.ClH/c1-22-9-12(16)15(21)18-11-5-3-10(4-6-11)14(20)17-8-7-13(19)23-2;/h3-6,12H,7-9,16H2,1-2H3,(H,17,20)(H,18,21);1H. The molecule has 0 saturated heterocycles. The van der Waals surface area contributed by atoms with Crippen LogP contribution in [0, 0.1) is 0 Å². The summed E-state index contributed by atoms with van der Waals surface area (Å²) in [5, 5.41) is 5.22. The van der Waals surface area contributed by atoms with Crippen molar-refractivity contribution in [3.05, 3.63) is 29.8 Å². The second-order valence-electron chi connectivity index (χ2n) is 4.71. The molecule has 0 aliphatic carbocycles. The van der Waals surface area contributed by atoms with Crippen LogP contribution in [-0.2, 0) is 19.1 Å². The fourth-order valence-corrected chi connectivity index (χ4v) is 1.68. The van der Waals surface area contributed by atoms with Gasteiger partial charge in [0.05, 0.1) is 20.1 Å². The molecule has 0 heterocycles. The second kappa shape index (κ2) is 11.4. The molecule has 0 fully saturated rings. The van der Waals surface area contributed by atoms with Crippen LogP contribution < -0.4 is 16.4 Å². The van der Waals surface area contributed by atoms with Crippen LogP contribution in [0.2, 0.25) is 0 Å². The molecule has 9 heteroatoms. The average Bonchev–Trinajstić information content (AvgIpc) is 2.55. The largest absolute Gasteiger partial charge is 0.469 e. The van der Waals surface area contributed by atoms with Crippen molar-refractivity contribution in [2.75, 3.05) is 32.7 Å². The molecule has 1 rings (SSSR count). The Kier molecular flexibility index (Phi) is 10.4. The first-order valence-corrected chi connectivity index (χ1v) is 6.98. The summed E-state index contributed by atoms with van der Waals surface area (Å²) in [5.41, 5.74) is 6.54. The summed E-state index contributed by atoms with van der Waals surface area (Å²) in [6, 6.07) is 5.54. The number of halogens is 1. The topological polar surface area (TPSA) is 120 Å². The highest BCUT2D eigenvalue weighted by molar-refractivity contribution is 5.97. The van der Waals surface area contributed by atoms with Gasteiger partial charge in [-0.3, -0.25) is 14.4 Å². The number of anilines is 1. The number of nitrogens with two attached hydrogens (primary N) is 1. The Bertz CT molecular complexity index is 551. The molecule has 1 unspecified atom stereocenters. The van der Waals surface area contributed by atoms with Gasteiger partial charge in [0.2, 0.25) is 5.91 Å². The monoisotopic (exact) mass is 359 g/mol. The van der Waals surface area contributed by atoms with Crippen molar-refractivity contribution in [1.82, 2.24) is 5.32 Å². The molecule has 0 radical (unpaired) electrons. The fraction of sp³-hybridized carbons (Fsp3) is 0.400. The molecule has 1 aromatic rings. The third-order valence-corrected chi connectivity index (χ3v) is 2.94. The normalized spacial score (nSPS) is 11.0. The Balaban J connectivity index is 0.00000529. The summed E-state index contributed by atoms with van der Waals surface area (Å²) in [6.07, 6.45) is 0.105. The molecule has 8 nitrogen and oxygen atoms in total. The highest BCUT2D eigenvalue weighted by Gasteiger charge is 2.13. The molecule has 0 aliphatic heterocycles. The SMILES string of the molecule is COCC(N)C(=O)Nc1ccc(C(=O)NCCC(=O)OC)cc1.Cl. The van der Waals surface area contributed by atoms with E-state index in [0.29, 0.717) is 11.3 Å². The zero-order chi connectivity index (χ0) is 17.2. The maximum atomic E-state index is 11.9. The summed E-state index contributed by atoms with van der Waals surface area (Å²) in [5.74, 6) is -1.08. The molecule has 1 aromatic carbocycles. The van der Waals surface area contributed by atoms with Crippen LogP contribution in [0.3, 0.4) is 0 Å². The molecule has 0 spiro atoms. The fourth-order valence-electron chi connectivity index (χ4n) is 1.68. The van der Waals surface area contributed by atoms with Crippen molar-refractivity contribution < 1.29 is 23.9 Å². The van der Waals surface area contributed by atoms with Gasteiger partial charge in [-0.15, -0.1) is 12.4 Å². The smallest absolute Gasteiger partial charge is 0.307 e. The van der Waals surface area contributed by atoms with Gasteiger partial charge in [-0.2, -0.15) is 0 Å². The van der Waals surface area contributed by atoms with E-state index in [1.54, 1.807) is 24.3 Å². The van der Waals surface area contributed by atoms with Gasteiger partial charge in [-0.25, -0.2) is 0 Å². The average molecular weight is 360 g/mol. The highest BCUT2D eigenvalue weighted by Crippen LogP contribution is 2.10. The molecule has 134 valence electrons. The number of methoxy groups -OCH3 is 2.